The van der Waals surface area contributed by atoms with Crippen molar-refractivity contribution in [2.75, 3.05) is 13.1 Å². The van der Waals surface area contributed by atoms with Crippen molar-refractivity contribution >= 4 is 17.8 Å². The van der Waals surface area contributed by atoms with Gasteiger partial charge >= 0.3 is 5.97 Å². The Balaban J connectivity index is 1.91. The second-order valence-electron chi connectivity index (χ2n) is 5.07. The van der Waals surface area contributed by atoms with Crippen molar-refractivity contribution in [3.05, 3.63) is 0 Å². The van der Waals surface area contributed by atoms with E-state index >= 15 is 0 Å². The summed E-state index contributed by atoms with van der Waals surface area (Å²) in [5, 5.41) is 14.3. The number of amides is 1. The van der Waals surface area contributed by atoms with E-state index in [2.05, 4.69) is 15.6 Å². The maximum absolute atomic E-state index is 11.6. The number of carboxylic acids is 1. The van der Waals surface area contributed by atoms with Gasteiger partial charge in [-0.2, -0.15) is 0 Å². The molecule has 0 atom stereocenters. The van der Waals surface area contributed by atoms with E-state index in [1.807, 2.05) is 0 Å². The van der Waals surface area contributed by atoms with Crippen LogP contribution in [0, 0.1) is 0 Å². The van der Waals surface area contributed by atoms with E-state index < -0.39 is 5.97 Å². The summed E-state index contributed by atoms with van der Waals surface area (Å²) >= 11 is 0. The minimum atomic E-state index is -0.721. The molecule has 6 heteroatoms. The number of carbonyl (C=O) groups is 2. The first-order valence-corrected chi connectivity index (χ1v) is 7.48. The predicted octanol–water partition coefficient (Wildman–Crippen LogP) is 1.66. The van der Waals surface area contributed by atoms with E-state index in [1.54, 1.807) is 0 Å². The summed E-state index contributed by atoms with van der Waals surface area (Å²) in [7, 11) is 0. The molecular formula is C14H25N3O3. The number of aliphatic carboxylic acids is 1. The van der Waals surface area contributed by atoms with Gasteiger partial charge in [0.25, 0.3) is 0 Å². The van der Waals surface area contributed by atoms with Gasteiger partial charge < -0.3 is 10.4 Å². The molecule has 20 heavy (non-hydrogen) atoms. The molecule has 0 aromatic rings. The number of aliphatic imine (C=N–C) groups is 1. The topological polar surface area (TPSA) is 90.8 Å². The van der Waals surface area contributed by atoms with Gasteiger partial charge in [-0.25, -0.2) is 0 Å². The highest BCUT2D eigenvalue weighted by Gasteiger charge is 2.07. The molecule has 0 unspecified atom stereocenters. The normalized spacial score (nSPS) is 14.3. The molecule has 0 saturated heterocycles. The molecule has 1 heterocycles. The largest absolute Gasteiger partial charge is 0.481 e. The molecule has 0 aromatic heterocycles. The molecule has 6 nitrogen and oxygen atoms in total. The lowest BCUT2D eigenvalue weighted by atomic mass is 10.1. The van der Waals surface area contributed by atoms with Crippen molar-refractivity contribution in [1.82, 2.24) is 10.6 Å². The summed E-state index contributed by atoms with van der Waals surface area (Å²) in [5.41, 5.74) is 0. The molecular weight excluding hydrogens is 258 g/mol. The third-order valence-electron chi connectivity index (χ3n) is 3.20. The van der Waals surface area contributed by atoms with E-state index in [0.29, 0.717) is 12.4 Å². The molecule has 0 bridgehead atoms. The van der Waals surface area contributed by atoms with E-state index in [9.17, 15) is 9.59 Å². The zero-order valence-electron chi connectivity index (χ0n) is 12.0. The van der Waals surface area contributed by atoms with Crippen LogP contribution in [-0.4, -0.2) is 36.0 Å². The standard InChI is InChI=1S/C14H25N3O3/c18-12(17-14-15-10-7-11-16-14)8-5-3-1-2-4-6-9-13(19)20/h1-11H2,(H,19,20)(H2,15,16,17,18). The highest BCUT2D eigenvalue weighted by Crippen LogP contribution is 2.08. The molecule has 0 radical (unpaired) electrons. The van der Waals surface area contributed by atoms with Crippen LogP contribution in [0.25, 0.3) is 0 Å². The smallest absolute Gasteiger partial charge is 0.303 e. The molecule has 0 spiro atoms. The maximum atomic E-state index is 11.6. The first-order valence-electron chi connectivity index (χ1n) is 7.48. The monoisotopic (exact) mass is 283 g/mol. The van der Waals surface area contributed by atoms with Crippen molar-refractivity contribution in [3.63, 3.8) is 0 Å². The summed E-state index contributed by atoms with van der Waals surface area (Å²) in [6, 6.07) is 0. The van der Waals surface area contributed by atoms with E-state index in [0.717, 1.165) is 58.0 Å². The summed E-state index contributed by atoms with van der Waals surface area (Å²) in [6.07, 6.45) is 7.50. The van der Waals surface area contributed by atoms with Crippen LogP contribution in [0.1, 0.15) is 57.8 Å². The van der Waals surface area contributed by atoms with Crippen LogP contribution in [-0.2, 0) is 9.59 Å². The van der Waals surface area contributed by atoms with Gasteiger partial charge in [0.2, 0.25) is 5.91 Å². The average Bonchev–Trinajstić information content (AvgIpc) is 2.42. The summed E-state index contributed by atoms with van der Waals surface area (Å²) in [5.74, 6) is -0.0974. The number of rotatable bonds is 9. The van der Waals surface area contributed by atoms with E-state index in [1.165, 1.54) is 0 Å². The highest BCUT2D eigenvalue weighted by atomic mass is 16.4. The van der Waals surface area contributed by atoms with Crippen LogP contribution < -0.4 is 10.6 Å². The quantitative estimate of drug-likeness (QED) is 0.561. The lowest BCUT2D eigenvalue weighted by Gasteiger charge is -2.14. The molecule has 114 valence electrons. The van der Waals surface area contributed by atoms with Crippen LogP contribution in [0.15, 0.2) is 4.99 Å². The minimum Gasteiger partial charge on any atom is -0.481 e. The van der Waals surface area contributed by atoms with Gasteiger partial charge in [-0.05, 0) is 19.3 Å². The molecule has 3 N–H and O–H groups in total. The Morgan fingerprint density at radius 2 is 1.75 bits per heavy atom. The molecule has 1 amide bonds. The molecule has 0 saturated carbocycles. The zero-order chi connectivity index (χ0) is 14.6. The fourth-order valence-corrected chi connectivity index (χ4v) is 2.08. The zero-order valence-corrected chi connectivity index (χ0v) is 12.0. The fourth-order valence-electron chi connectivity index (χ4n) is 2.08. The number of carboxylic acid groups (broad SMARTS) is 1. The van der Waals surface area contributed by atoms with Crippen LogP contribution >= 0.6 is 0 Å². The first kappa shape index (κ1) is 16.5. The van der Waals surface area contributed by atoms with Gasteiger partial charge in [0.15, 0.2) is 5.96 Å². The Kier molecular flexibility index (Phi) is 8.42. The number of nitrogens with one attached hydrogen (secondary N) is 2. The van der Waals surface area contributed by atoms with Crippen molar-refractivity contribution in [2.24, 2.45) is 4.99 Å². The Labute approximate surface area is 120 Å². The number of carbonyl (C=O) groups excluding carboxylic acids is 1. The first-order chi connectivity index (χ1) is 9.68. The predicted molar refractivity (Wildman–Crippen MR) is 77.6 cm³/mol. The second-order valence-corrected chi connectivity index (χ2v) is 5.07. The third kappa shape index (κ3) is 8.50. The fraction of sp³-hybridized carbons (Fsp3) is 0.786. The van der Waals surface area contributed by atoms with E-state index in [4.69, 9.17) is 5.11 Å². The number of nitrogens with zero attached hydrogens (tertiary/aromatic N) is 1. The Hall–Kier alpha value is -1.59. The number of guanidine groups is 1. The molecule has 1 rings (SSSR count). The van der Waals surface area contributed by atoms with Gasteiger partial charge in [0.1, 0.15) is 0 Å². The van der Waals surface area contributed by atoms with Crippen molar-refractivity contribution in [2.45, 2.75) is 57.8 Å². The SMILES string of the molecule is O=C(O)CCCCCCCCC(=O)NC1=NCCCN1. The summed E-state index contributed by atoms with van der Waals surface area (Å²) < 4.78 is 0. The lowest BCUT2D eigenvalue weighted by Crippen LogP contribution is -2.43. The molecule has 0 aromatic carbocycles. The van der Waals surface area contributed by atoms with Gasteiger partial charge in [0.05, 0.1) is 0 Å². The van der Waals surface area contributed by atoms with Crippen molar-refractivity contribution in [1.29, 1.82) is 0 Å². The molecule has 0 aliphatic carbocycles. The van der Waals surface area contributed by atoms with Crippen LogP contribution in [0.2, 0.25) is 0 Å². The lowest BCUT2D eigenvalue weighted by molar-refractivity contribution is -0.137. The summed E-state index contributed by atoms with van der Waals surface area (Å²) in [6.45, 7) is 1.65. The highest BCUT2D eigenvalue weighted by molar-refractivity contribution is 5.97. The number of unbranched alkanes of at least 4 members (excludes halogenated alkanes) is 5. The molecule has 1 aliphatic rings. The average molecular weight is 283 g/mol. The van der Waals surface area contributed by atoms with Crippen molar-refractivity contribution < 1.29 is 14.7 Å². The Morgan fingerprint density at radius 1 is 1.10 bits per heavy atom. The van der Waals surface area contributed by atoms with Gasteiger partial charge in [0, 0.05) is 25.9 Å². The maximum Gasteiger partial charge on any atom is 0.303 e. The number of hydrogen-bond donors (Lipinski definition) is 3. The van der Waals surface area contributed by atoms with Crippen LogP contribution in [0.3, 0.4) is 0 Å². The van der Waals surface area contributed by atoms with Crippen LogP contribution in [0.4, 0.5) is 0 Å². The minimum absolute atomic E-state index is 0.0176. The van der Waals surface area contributed by atoms with Crippen molar-refractivity contribution in [3.8, 4) is 0 Å². The summed E-state index contributed by atoms with van der Waals surface area (Å²) in [4.78, 5) is 26.1. The van der Waals surface area contributed by atoms with Gasteiger partial charge in [-0.1, -0.05) is 25.7 Å². The Bertz CT molecular complexity index is 343. The number of hydrogen-bond acceptors (Lipinski definition) is 4. The van der Waals surface area contributed by atoms with Gasteiger partial charge in [-0.3, -0.25) is 19.9 Å². The van der Waals surface area contributed by atoms with Crippen LogP contribution in [0.5, 0.6) is 0 Å². The second kappa shape index (κ2) is 10.2. The van der Waals surface area contributed by atoms with E-state index in [-0.39, 0.29) is 12.3 Å². The van der Waals surface area contributed by atoms with Gasteiger partial charge in [-0.15, -0.1) is 0 Å². The molecule has 1 aliphatic heterocycles. The Morgan fingerprint density at radius 3 is 2.35 bits per heavy atom. The molecule has 0 fully saturated rings. The third-order valence-corrected chi connectivity index (χ3v) is 3.20.